The fourth-order valence-corrected chi connectivity index (χ4v) is 8.02. The molecule has 236 valence electrons. The minimum atomic E-state index is -1.13. The maximum absolute atomic E-state index is 15.9. The lowest BCUT2D eigenvalue weighted by molar-refractivity contribution is 0.0862. The van der Waals surface area contributed by atoms with E-state index in [0.717, 1.165) is 36.4 Å². The summed E-state index contributed by atoms with van der Waals surface area (Å²) in [4.78, 5) is 4.87. The Balaban J connectivity index is 0.00000172. The number of benzene rings is 4. The zero-order valence-corrected chi connectivity index (χ0v) is 27.9. The third-order valence-corrected chi connectivity index (χ3v) is 10.5. The smallest absolute Gasteiger partial charge is 0.180 e. The van der Waals surface area contributed by atoms with E-state index in [1.807, 2.05) is 26.0 Å². The first-order valence-electron chi connectivity index (χ1n) is 16.8. The number of thiophene rings is 1. The van der Waals surface area contributed by atoms with Crippen LogP contribution in [0.3, 0.4) is 0 Å². The second-order valence-electron chi connectivity index (χ2n) is 12.0. The molecule has 0 N–H and O–H groups in total. The molecule has 2 aliphatic heterocycles. The topological polar surface area (TPSA) is 12.5 Å². The third kappa shape index (κ3) is 5.99. The van der Waals surface area contributed by atoms with Gasteiger partial charge in [-0.1, -0.05) is 105 Å². The van der Waals surface area contributed by atoms with Gasteiger partial charge in [0.15, 0.2) is 5.60 Å². The maximum Gasteiger partial charge on any atom is 0.180 e. The molecule has 4 aromatic carbocycles. The van der Waals surface area contributed by atoms with Gasteiger partial charge in [0, 0.05) is 45.2 Å². The molecule has 47 heavy (non-hydrogen) atoms. The monoisotopic (exact) mass is 637 g/mol. The average molecular weight is 638 g/mol. The highest BCUT2D eigenvalue weighted by atomic mass is 32.1. The predicted molar refractivity (Wildman–Crippen MR) is 196 cm³/mol. The lowest BCUT2D eigenvalue weighted by atomic mass is 9.85. The van der Waals surface area contributed by atoms with E-state index in [0.29, 0.717) is 12.0 Å². The molecule has 0 saturated carbocycles. The zero-order valence-electron chi connectivity index (χ0n) is 27.1. The van der Waals surface area contributed by atoms with Crippen molar-refractivity contribution < 1.29 is 9.13 Å². The van der Waals surface area contributed by atoms with E-state index in [1.54, 1.807) is 17.4 Å². The first-order chi connectivity index (χ1) is 23.2. The van der Waals surface area contributed by atoms with Crippen LogP contribution in [-0.2, 0) is 16.8 Å². The van der Waals surface area contributed by atoms with Gasteiger partial charge in [-0.05, 0) is 90.4 Å². The number of fused-ring (bicyclic) bond motifs is 2. The van der Waals surface area contributed by atoms with Crippen LogP contribution in [0, 0.1) is 5.82 Å². The minimum Gasteiger partial charge on any atom is -0.473 e. The van der Waals surface area contributed by atoms with Crippen LogP contribution in [0.25, 0.3) is 21.6 Å². The molecule has 1 atom stereocenters. The molecule has 0 amide bonds. The van der Waals surface area contributed by atoms with Crippen LogP contribution in [0.2, 0.25) is 0 Å². The second-order valence-corrected chi connectivity index (χ2v) is 13.1. The quantitative estimate of drug-likeness (QED) is 0.178. The standard InChI is InChI=1S/C41H34FNOS.C2H6/c42-37-17-7-6-16-36(37)41(32-18-20-33(21-19-32)43-25-8-9-26-43)24-10-15-35-34-14-5-4-13-30(34)27-31(28-38(35)44-41)40-23-22-39(45-40)29-11-2-1-3-12-29;1-2/h1-7,10-14,16-24,28H,8-9,15,25-27H2;1-2H3. The molecular formula is C43H40FNOS. The van der Waals surface area contributed by atoms with Gasteiger partial charge in [0.2, 0.25) is 0 Å². The number of halogens is 1. The molecule has 1 aliphatic carbocycles. The SMILES string of the molecule is CC.Fc1ccccc1C1(c2ccc(N3CCCC3)cc2)C=CCC2=C(C=C(c3ccc(-c4ccccc4)s3)Cc3ccccc32)O1. The lowest BCUT2D eigenvalue weighted by Gasteiger charge is -2.34. The molecule has 2 nitrogen and oxygen atoms in total. The molecule has 1 fully saturated rings. The Morgan fingerprint density at radius 3 is 2.23 bits per heavy atom. The van der Waals surface area contributed by atoms with E-state index in [1.165, 1.54) is 56.6 Å². The van der Waals surface area contributed by atoms with E-state index in [2.05, 4.69) is 114 Å². The number of ether oxygens (including phenoxy) is 1. The summed E-state index contributed by atoms with van der Waals surface area (Å²) in [5.41, 5.74) is 7.51. The van der Waals surface area contributed by atoms with Crippen molar-refractivity contribution in [3.05, 3.63) is 172 Å². The fraction of sp³-hybridized carbons (Fsp3) is 0.209. The molecule has 1 saturated heterocycles. The number of rotatable bonds is 5. The summed E-state index contributed by atoms with van der Waals surface area (Å²) in [6, 6.07) is 39.2. The Kier molecular flexibility index (Phi) is 8.95. The van der Waals surface area contributed by atoms with Crippen LogP contribution in [0.15, 0.2) is 139 Å². The van der Waals surface area contributed by atoms with E-state index in [4.69, 9.17) is 4.74 Å². The second kappa shape index (κ2) is 13.6. The molecule has 1 unspecified atom stereocenters. The van der Waals surface area contributed by atoms with Crippen LogP contribution in [0.1, 0.15) is 60.2 Å². The van der Waals surface area contributed by atoms with E-state index >= 15 is 4.39 Å². The van der Waals surface area contributed by atoms with Gasteiger partial charge in [0.1, 0.15) is 11.6 Å². The minimum absolute atomic E-state index is 0.279. The Labute approximate surface area is 282 Å². The summed E-state index contributed by atoms with van der Waals surface area (Å²) in [6.45, 7) is 6.15. The molecule has 0 spiro atoms. The van der Waals surface area contributed by atoms with E-state index in [-0.39, 0.29) is 5.82 Å². The van der Waals surface area contributed by atoms with Crippen molar-refractivity contribution in [1.29, 1.82) is 0 Å². The average Bonchev–Trinajstić information content (AvgIpc) is 3.79. The number of nitrogens with zero attached hydrogens (tertiary/aromatic N) is 1. The molecule has 5 aromatic rings. The van der Waals surface area contributed by atoms with Crippen LogP contribution >= 0.6 is 11.3 Å². The summed E-state index contributed by atoms with van der Waals surface area (Å²) < 4.78 is 23.1. The van der Waals surface area contributed by atoms with Gasteiger partial charge in [-0.3, -0.25) is 0 Å². The molecule has 3 heterocycles. The Bertz CT molecular complexity index is 1950. The first-order valence-corrected chi connectivity index (χ1v) is 17.6. The summed E-state index contributed by atoms with van der Waals surface area (Å²) in [7, 11) is 0. The highest BCUT2D eigenvalue weighted by Gasteiger charge is 2.39. The molecule has 8 rings (SSSR count). The van der Waals surface area contributed by atoms with Gasteiger partial charge in [0.05, 0.1) is 0 Å². The molecule has 4 heteroatoms. The first kappa shape index (κ1) is 31.0. The number of anilines is 1. The zero-order chi connectivity index (χ0) is 32.2. The van der Waals surface area contributed by atoms with E-state index in [9.17, 15) is 0 Å². The fourth-order valence-electron chi connectivity index (χ4n) is 6.99. The maximum atomic E-state index is 15.9. The van der Waals surface area contributed by atoms with Crippen molar-refractivity contribution >= 4 is 28.2 Å². The van der Waals surface area contributed by atoms with Crippen LogP contribution in [-0.4, -0.2) is 13.1 Å². The van der Waals surface area contributed by atoms with E-state index < -0.39 is 5.60 Å². The normalized spacial score (nSPS) is 18.6. The predicted octanol–water partition coefficient (Wildman–Crippen LogP) is 11.5. The largest absolute Gasteiger partial charge is 0.473 e. The van der Waals surface area contributed by atoms with Gasteiger partial charge < -0.3 is 9.64 Å². The number of allylic oxidation sites excluding steroid dienone is 4. The van der Waals surface area contributed by atoms with Gasteiger partial charge in [-0.25, -0.2) is 4.39 Å². The van der Waals surface area contributed by atoms with Gasteiger partial charge in [-0.2, -0.15) is 0 Å². The summed E-state index contributed by atoms with van der Waals surface area (Å²) in [5.74, 6) is 0.514. The van der Waals surface area contributed by atoms with Crippen molar-refractivity contribution in [3.8, 4) is 10.4 Å². The summed E-state index contributed by atoms with van der Waals surface area (Å²) >= 11 is 1.80. The highest BCUT2D eigenvalue weighted by Crippen LogP contribution is 2.47. The van der Waals surface area contributed by atoms with Gasteiger partial charge in [0.25, 0.3) is 0 Å². The van der Waals surface area contributed by atoms with Crippen molar-refractivity contribution in [2.45, 2.75) is 45.1 Å². The molecule has 0 radical (unpaired) electrons. The van der Waals surface area contributed by atoms with Gasteiger partial charge in [-0.15, -0.1) is 11.3 Å². The molecule has 0 bridgehead atoms. The van der Waals surface area contributed by atoms with Crippen molar-refractivity contribution in [1.82, 2.24) is 0 Å². The van der Waals surface area contributed by atoms with Crippen LogP contribution < -0.4 is 4.90 Å². The summed E-state index contributed by atoms with van der Waals surface area (Å²) in [6.07, 6.45) is 10.4. The van der Waals surface area contributed by atoms with Crippen molar-refractivity contribution in [2.75, 3.05) is 18.0 Å². The molecular weight excluding hydrogens is 598 g/mol. The summed E-state index contributed by atoms with van der Waals surface area (Å²) in [5, 5.41) is 0. The number of hydrogen-bond acceptors (Lipinski definition) is 3. The Morgan fingerprint density at radius 2 is 1.45 bits per heavy atom. The van der Waals surface area contributed by atoms with Crippen molar-refractivity contribution in [3.63, 3.8) is 0 Å². The number of hydrogen-bond donors (Lipinski definition) is 0. The Hall–Kier alpha value is -4.67. The lowest BCUT2D eigenvalue weighted by Crippen LogP contribution is -2.30. The Morgan fingerprint density at radius 1 is 0.745 bits per heavy atom. The highest BCUT2D eigenvalue weighted by molar-refractivity contribution is 7.16. The van der Waals surface area contributed by atoms with Gasteiger partial charge >= 0.3 is 0 Å². The molecule has 3 aliphatic rings. The van der Waals surface area contributed by atoms with Crippen LogP contribution in [0.5, 0.6) is 0 Å². The third-order valence-electron chi connectivity index (χ3n) is 9.29. The van der Waals surface area contributed by atoms with Crippen molar-refractivity contribution in [2.24, 2.45) is 0 Å². The van der Waals surface area contributed by atoms with Crippen LogP contribution in [0.4, 0.5) is 10.1 Å². The molecule has 1 aromatic heterocycles.